The second kappa shape index (κ2) is 9.18. The molecule has 3 rings (SSSR count). The standard InChI is InChI=1S/C27H31NO3Si/c1-27(2,3)32(5,6)17-11-16-23(26(30)31-4)28-25(29)24-21-14-9-7-12-19(21)18-20-13-8-10-15-22(20)24/h7-10,12-15,18,23H,16H2,1-6H3,(H,28,29)/t23-/m1/s1. The zero-order valence-corrected chi connectivity index (χ0v) is 20.7. The van der Waals surface area contributed by atoms with Gasteiger partial charge in [-0.3, -0.25) is 4.79 Å². The monoisotopic (exact) mass is 445 g/mol. The minimum absolute atomic E-state index is 0.117. The number of hydrogen-bond donors (Lipinski definition) is 1. The van der Waals surface area contributed by atoms with E-state index in [-0.39, 0.29) is 17.4 Å². The summed E-state index contributed by atoms with van der Waals surface area (Å²) < 4.78 is 4.96. The van der Waals surface area contributed by atoms with Crippen LogP contribution in [0.1, 0.15) is 37.6 Å². The van der Waals surface area contributed by atoms with E-state index in [2.05, 4.69) is 56.7 Å². The molecule has 0 heterocycles. The Morgan fingerprint density at radius 2 is 1.53 bits per heavy atom. The van der Waals surface area contributed by atoms with Crippen molar-refractivity contribution in [1.29, 1.82) is 0 Å². The van der Waals surface area contributed by atoms with Crippen LogP contribution in [0.3, 0.4) is 0 Å². The predicted octanol–water partition coefficient (Wildman–Crippen LogP) is 5.71. The average Bonchev–Trinajstić information content (AvgIpc) is 2.75. The largest absolute Gasteiger partial charge is 0.467 e. The van der Waals surface area contributed by atoms with E-state index in [1.807, 2.05) is 48.5 Å². The summed E-state index contributed by atoms with van der Waals surface area (Å²) in [6.07, 6.45) is 0.216. The molecule has 1 atom stereocenters. The molecule has 0 saturated carbocycles. The van der Waals surface area contributed by atoms with Gasteiger partial charge in [-0.05, 0) is 32.6 Å². The molecule has 4 nitrogen and oxygen atoms in total. The van der Waals surface area contributed by atoms with E-state index in [0.717, 1.165) is 21.5 Å². The molecule has 166 valence electrons. The Labute approximate surface area is 191 Å². The van der Waals surface area contributed by atoms with Gasteiger partial charge in [0.15, 0.2) is 0 Å². The van der Waals surface area contributed by atoms with Crippen LogP contribution in [0, 0.1) is 11.5 Å². The fourth-order valence-electron chi connectivity index (χ4n) is 3.39. The number of hydrogen-bond acceptors (Lipinski definition) is 3. The van der Waals surface area contributed by atoms with Crippen molar-refractivity contribution in [2.24, 2.45) is 0 Å². The van der Waals surface area contributed by atoms with Crippen molar-refractivity contribution >= 4 is 41.5 Å². The number of fused-ring (bicyclic) bond motifs is 2. The molecule has 32 heavy (non-hydrogen) atoms. The Morgan fingerprint density at radius 1 is 1.00 bits per heavy atom. The molecular formula is C27H31NO3Si. The molecule has 0 aliphatic heterocycles. The van der Waals surface area contributed by atoms with Crippen LogP contribution < -0.4 is 5.32 Å². The topological polar surface area (TPSA) is 55.4 Å². The Morgan fingerprint density at radius 3 is 2.03 bits per heavy atom. The van der Waals surface area contributed by atoms with E-state index in [1.54, 1.807) is 0 Å². The normalized spacial score (nSPS) is 12.7. The maximum absolute atomic E-state index is 13.5. The molecule has 0 bridgehead atoms. The smallest absolute Gasteiger partial charge is 0.329 e. The summed E-state index contributed by atoms with van der Waals surface area (Å²) in [6.45, 7) is 11.0. The lowest BCUT2D eigenvalue weighted by Crippen LogP contribution is -2.41. The number of esters is 1. The van der Waals surface area contributed by atoms with Crippen molar-refractivity contribution in [2.75, 3.05) is 7.11 Å². The minimum atomic E-state index is -1.82. The lowest BCUT2D eigenvalue weighted by atomic mass is 9.96. The van der Waals surface area contributed by atoms with Crippen molar-refractivity contribution in [3.63, 3.8) is 0 Å². The van der Waals surface area contributed by atoms with Gasteiger partial charge in [0.1, 0.15) is 14.1 Å². The number of amides is 1. The zero-order chi connectivity index (χ0) is 23.5. The van der Waals surface area contributed by atoms with Crippen molar-refractivity contribution in [2.45, 2.75) is 51.4 Å². The summed E-state index contributed by atoms with van der Waals surface area (Å²) in [5.41, 5.74) is 3.97. The van der Waals surface area contributed by atoms with Gasteiger partial charge in [0.2, 0.25) is 0 Å². The fraction of sp³-hybridized carbons (Fsp3) is 0.333. The number of carbonyl (C=O) groups excluding carboxylic acids is 2. The van der Waals surface area contributed by atoms with Gasteiger partial charge in [-0.15, -0.1) is 11.5 Å². The highest BCUT2D eigenvalue weighted by molar-refractivity contribution is 6.87. The number of methoxy groups -OCH3 is 1. The third-order valence-electron chi connectivity index (χ3n) is 6.37. The number of carbonyl (C=O) groups is 2. The first kappa shape index (κ1) is 23.6. The fourth-order valence-corrected chi connectivity index (χ4v) is 4.30. The van der Waals surface area contributed by atoms with Crippen LogP contribution in [-0.2, 0) is 9.53 Å². The van der Waals surface area contributed by atoms with E-state index in [4.69, 9.17) is 4.74 Å². The van der Waals surface area contributed by atoms with Gasteiger partial charge >= 0.3 is 5.97 Å². The van der Waals surface area contributed by atoms with Crippen molar-refractivity contribution in [3.8, 4) is 11.5 Å². The predicted molar refractivity (Wildman–Crippen MR) is 134 cm³/mol. The third-order valence-corrected chi connectivity index (χ3v) is 10.9. The first-order valence-electron chi connectivity index (χ1n) is 10.8. The lowest BCUT2D eigenvalue weighted by molar-refractivity contribution is -0.142. The summed E-state index contributed by atoms with van der Waals surface area (Å²) in [6, 6.07) is 16.8. The summed E-state index contributed by atoms with van der Waals surface area (Å²) in [4.78, 5) is 25.9. The highest BCUT2D eigenvalue weighted by atomic mass is 28.3. The summed E-state index contributed by atoms with van der Waals surface area (Å²) >= 11 is 0. The number of ether oxygens (including phenoxy) is 1. The second-order valence-electron chi connectivity index (χ2n) is 9.62. The van der Waals surface area contributed by atoms with E-state index < -0.39 is 20.1 Å². The highest BCUT2D eigenvalue weighted by Gasteiger charge is 2.33. The molecule has 1 N–H and O–H groups in total. The molecule has 0 spiro atoms. The number of rotatable bonds is 4. The Balaban J connectivity index is 1.97. The Hall–Kier alpha value is -3.10. The molecular weight excluding hydrogens is 414 g/mol. The van der Waals surface area contributed by atoms with E-state index >= 15 is 0 Å². The van der Waals surface area contributed by atoms with E-state index in [0.29, 0.717) is 5.56 Å². The van der Waals surface area contributed by atoms with Gasteiger partial charge in [-0.1, -0.05) is 82.4 Å². The summed E-state index contributed by atoms with van der Waals surface area (Å²) in [5, 5.41) is 6.65. The van der Waals surface area contributed by atoms with Crippen LogP contribution in [0.2, 0.25) is 18.1 Å². The van der Waals surface area contributed by atoms with Gasteiger partial charge in [0, 0.05) is 6.42 Å². The van der Waals surface area contributed by atoms with Crippen molar-refractivity contribution in [1.82, 2.24) is 5.32 Å². The molecule has 0 aliphatic carbocycles. The van der Waals surface area contributed by atoms with Gasteiger partial charge < -0.3 is 10.1 Å². The van der Waals surface area contributed by atoms with Crippen molar-refractivity contribution in [3.05, 3.63) is 60.2 Å². The highest BCUT2D eigenvalue weighted by Crippen LogP contribution is 2.35. The van der Waals surface area contributed by atoms with Crippen LogP contribution in [-0.4, -0.2) is 33.1 Å². The minimum Gasteiger partial charge on any atom is -0.467 e. The molecule has 0 fully saturated rings. The van der Waals surface area contributed by atoms with Crippen LogP contribution in [0.5, 0.6) is 0 Å². The quantitative estimate of drug-likeness (QED) is 0.242. The van der Waals surface area contributed by atoms with Gasteiger partial charge in [-0.2, -0.15) is 0 Å². The second-order valence-corrected chi connectivity index (χ2v) is 14.6. The van der Waals surface area contributed by atoms with Crippen LogP contribution in [0.25, 0.3) is 21.5 Å². The maximum Gasteiger partial charge on any atom is 0.329 e. The average molecular weight is 446 g/mol. The third kappa shape index (κ3) is 4.86. The molecule has 0 aliphatic rings. The molecule has 1 amide bonds. The summed E-state index contributed by atoms with van der Waals surface area (Å²) in [5.74, 6) is 2.38. The first-order valence-corrected chi connectivity index (χ1v) is 13.8. The number of benzene rings is 3. The molecule has 0 unspecified atom stereocenters. The SMILES string of the molecule is COC(=O)[C@@H](CC#C[Si](C)(C)C(C)(C)C)NC(=O)c1c2ccccc2cc2ccccc12. The van der Waals surface area contributed by atoms with Gasteiger partial charge in [-0.25, -0.2) is 4.79 Å². The van der Waals surface area contributed by atoms with Gasteiger partial charge in [0.25, 0.3) is 5.91 Å². The van der Waals surface area contributed by atoms with Crippen LogP contribution in [0.15, 0.2) is 54.6 Å². The van der Waals surface area contributed by atoms with Crippen LogP contribution in [0.4, 0.5) is 0 Å². The Kier molecular flexibility index (Phi) is 6.76. The Bertz CT molecular complexity index is 1170. The molecule has 0 saturated heterocycles. The maximum atomic E-state index is 13.5. The molecule has 0 radical (unpaired) electrons. The molecule has 3 aromatic carbocycles. The first-order chi connectivity index (χ1) is 15.0. The van der Waals surface area contributed by atoms with Crippen LogP contribution >= 0.6 is 0 Å². The van der Waals surface area contributed by atoms with Crippen molar-refractivity contribution < 1.29 is 14.3 Å². The van der Waals surface area contributed by atoms with E-state index in [9.17, 15) is 9.59 Å². The van der Waals surface area contributed by atoms with Gasteiger partial charge in [0.05, 0.1) is 12.7 Å². The molecule has 0 aromatic heterocycles. The zero-order valence-electron chi connectivity index (χ0n) is 19.7. The number of nitrogens with one attached hydrogen (secondary N) is 1. The lowest BCUT2D eigenvalue weighted by Gasteiger charge is -2.31. The molecule has 5 heteroatoms. The summed E-state index contributed by atoms with van der Waals surface area (Å²) in [7, 11) is -0.490. The van der Waals surface area contributed by atoms with E-state index in [1.165, 1.54) is 7.11 Å². The molecule has 3 aromatic rings.